The Morgan fingerprint density at radius 2 is 2.22 bits per heavy atom. The fraction of sp³-hybridized carbons (Fsp3) is 0.250. The zero-order valence-electron chi connectivity index (χ0n) is 12.1. The Labute approximate surface area is 141 Å². The van der Waals surface area contributed by atoms with Gasteiger partial charge < -0.3 is 14.0 Å². The standard InChI is InChI=1S/C16H13ClN2O3S/c17-12-7-11(20-9-10-1-2-10)3-4-14(12)22-16-18-8-15(23-16)13-5-6-21-19-13/h3-8,10H,1-2,9H2. The molecule has 4 rings (SSSR count). The minimum atomic E-state index is 0.497. The van der Waals surface area contributed by atoms with Crippen molar-refractivity contribution in [2.45, 2.75) is 12.8 Å². The second-order valence-electron chi connectivity index (χ2n) is 5.32. The maximum absolute atomic E-state index is 6.26. The van der Waals surface area contributed by atoms with E-state index in [4.69, 9.17) is 25.6 Å². The third-order valence-electron chi connectivity index (χ3n) is 3.46. The molecule has 0 spiro atoms. The summed E-state index contributed by atoms with van der Waals surface area (Å²) in [4.78, 5) is 5.09. The normalized spacial score (nSPS) is 14.0. The first-order valence-electron chi connectivity index (χ1n) is 7.25. The summed E-state index contributed by atoms with van der Waals surface area (Å²) < 4.78 is 16.3. The van der Waals surface area contributed by atoms with Crippen LogP contribution in [0.25, 0.3) is 10.6 Å². The summed E-state index contributed by atoms with van der Waals surface area (Å²) in [6, 6.07) is 7.19. The number of halogens is 1. The van der Waals surface area contributed by atoms with Gasteiger partial charge in [-0.1, -0.05) is 28.1 Å². The van der Waals surface area contributed by atoms with Crippen molar-refractivity contribution in [1.82, 2.24) is 10.1 Å². The molecule has 0 amide bonds. The monoisotopic (exact) mass is 348 g/mol. The van der Waals surface area contributed by atoms with Gasteiger partial charge in [-0.25, -0.2) is 4.98 Å². The molecule has 0 aliphatic heterocycles. The maximum atomic E-state index is 6.26. The molecule has 2 aromatic heterocycles. The summed E-state index contributed by atoms with van der Waals surface area (Å²) in [6.45, 7) is 0.754. The van der Waals surface area contributed by atoms with E-state index in [9.17, 15) is 0 Å². The van der Waals surface area contributed by atoms with E-state index < -0.39 is 0 Å². The first-order valence-corrected chi connectivity index (χ1v) is 8.44. The predicted octanol–water partition coefficient (Wildman–Crippen LogP) is 5.03. The van der Waals surface area contributed by atoms with E-state index in [2.05, 4.69) is 10.1 Å². The topological polar surface area (TPSA) is 57.4 Å². The molecule has 3 aromatic rings. The highest BCUT2D eigenvalue weighted by Gasteiger charge is 2.22. The van der Waals surface area contributed by atoms with Crippen LogP contribution in [0.2, 0.25) is 5.02 Å². The minimum Gasteiger partial charge on any atom is -0.493 e. The van der Waals surface area contributed by atoms with Crippen molar-refractivity contribution >= 4 is 22.9 Å². The van der Waals surface area contributed by atoms with E-state index in [1.165, 1.54) is 30.4 Å². The van der Waals surface area contributed by atoms with Crippen molar-refractivity contribution in [3.05, 3.63) is 41.7 Å². The Kier molecular flexibility index (Phi) is 3.93. The molecule has 0 unspecified atom stereocenters. The van der Waals surface area contributed by atoms with Crippen LogP contribution >= 0.6 is 22.9 Å². The Morgan fingerprint density at radius 3 is 2.96 bits per heavy atom. The van der Waals surface area contributed by atoms with Gasteiger partial charge in [-0.3, -0.25) is 0 Å². The molecule has 1 saturated carbocycles. The van der Waals surface area contributed by atoms with Crippen molar-refractivity contribution in [2.75, 3.05) is 6.61 Å². The van der Waals surface area contributed by atoms with E-state index in [0.717, 1.165) is 22.9 Å². The first kappa shape index (κ1) is 14.5. The van der Waals surface area contributed by atoms with E-state index in [1.54, 1.807) is 24.4 Å². The molecule has 7 heteroatoms. The van der Waals surface area contributed by atoms with Crippen LogP contribution in [0.1, 0.15) is 12.8 Å². The number of aromatic nitrogens is 2. The number of ether oxygens (including phenoxy) is 2. The predicted molar refractivity (Wildman–Crippen MR) is 87.4 cm³/mol. The maximum Gasteiger partial charge on any atom is 0.279 e. The number of rotatable bonds is 6. The molecule has 1 aromatic carbocycles. The number of thiazole rings is 1. The zero-order valence-corrected chi connectivity index (χ0v) is 13.6. The molecule has 0 radical (unpaired) electrons. The Bertz CT molecular complexity index is 800. The van der Waals surface area contributed by atoms with Gasteiger partial charge in [0.05, 0.1) is 22.7 Å². The van der Waals surface area contributed by atoms with Crippen LogP contribution in [-0.4, -0.2) is 16.7 Å². The summed E-state index contributed by atoms with van der Waals surface area (Å²) in [5.41, 5.74) is 0.729. The lowest BCUT2D eigenvalue weighted by atomic mass is 10.3. The minimum absolute atomic E-state index is 0.497. The second kappa shape index (κ2) is 6.22. The van der Waals surface area contributed by atoms with E-state index in [-0.39, 0.29) is 0 Å². The van der Waals surface area contributed by atoms with Gasteiger partial charge in [0.15, 0.2) is 0 Å². The molecule has 2 heterocycles. The van der Waals surface area contributed by atoms with Gasteiger partial charge in [0.25, 0.3) is 5.19 Å². The molecule has 23 heavy (non-hydrogen) atoms. The molecule has 118 valence electrons. The first-order chi connectivity index (χ1) is 11.3. The fourth-order valence-electron chi connectivity index (χ4n) is 2.01. The van der Waals surface area contributed by atoms with Gasteiger partial charge in [-0.05, 0) is 30.9 Å². The van der Waals surface area contributed by atoms with Crippen LogP contribution in [-0.2, 0) is 0 Å². The average molecular weight is 349 g/mol. The van der Waals surface area contributed by atoms with E-state index in [1.807, 2.05) is 6.07 Å². The van der Waals surface area contributed by atoms with Gasteiger partial charge in [0.1, 0.15) is 23.5 Å². The molecule has 0 saturated heterocycles. The number of hydrogen-bond donors (Lipinski definition) is 0. The van der Waals surface area contributed by atoms with Crippen LogP contribution in [0.3, 0.4) is 0 Å². The van der Waals surface area contributed by atoms with Crippen molar-refractivity contribution in [3.63, 3.8) is 0 Å². The lowest BCUT2D eigenvalue weighted by Crippen LogP contribution is -1.98. The zero-order chi connectivity index (χ0) is 15.6. The van der Waals surface area contributed by atoms with Crippen LogP contribution in [0.5, 0.6) is 16.7 Å². The van der Waals surface area contributed by atoms with Gasteiger partial charge in [0.2, 0.25) is 0 Å². The van der Waals surface area contributed by atoms with Crippen molar-refractivity contribution < 1.29 is 14.0 Å². The summed E-state index contributed by atoms with van der Waals surface area (Å²) in [5.74, 6) is 2.01. The SMILES string of the molecule is Clc1cc(OCC2CC2)ccc1Oc1ncc(-c2ccon2)s1. The Morgan fingerprint density at radius 1 is 1.30 bits per heavy atom. The molecule has 1 aliphatic rings. The molecular formula is C16H13ClN2O3S. The van der Waals surface area contributed by atoms with Gasteiger partial charge in [-0.2, -0.15) is 0 Å². The Balaban J connectivity index is 1.45. The summed E-state index contributed by atoms with van der Waals surface area (Å²) in [6.07, 6.45) is 5.73. The van der Waals surface area contributed by atoms with Gasteiger partial charge in [0, 0.05) is 12.1 Å². The molecule has 0 atom stereocenters. The highest BCUT2D eigenvalue weighted by molar-refractivity contribution is 7.16. The van der Waals surface area contributed by atoms with Crippen LogP contribution < -0.4 is 9.47 Å². The number of hydrogen-bond acceptors (Lipinski definition) is 6. The van der Waals surface area contributed by atoms with Crippen LogP contribution in [0.15, 0.2) is 41.2 Å². The third kappa shape index (κ3) is 3.48. The fourth-order valence-corrected chi connectivity index (χ4v) is 2.96. The highest BCUT2D eigenvalue weighted by Crippen LogP contribution is 2.37. The van der Waals surface area contributed by atoms with Crippen molar-refractivity contribution in [3.8, 4) is 27.3 Å². The van der Waals surface area contributed by atoms with Crippen LogP contribution in [0.4, 0.5) is 0 Å². The molecule has 0 N–H and O–H groups in total. The lowest BCUT2D eigenvalue weighted by Gasteiger charge is -2.08. The molecule has 0 bridgehead atoms. The smallest absolute Gasteiger partial charge is 0.279 e. The van der Waals surface area contributed by atoms with E-state index >= 15 is 0 Å². The van der Waals surface area contributed by atoms with E-state index in [0.29, 0.717) is 21.9 Å². The third-order valence-corrected chi connectivity index (χ3v) is 4.65. The summed E-state index contributed by atoms with van der Waals surface area (Å²) in [7, 11) is 0. The lowest BCUT2D eigenvalue weighted by molar-refractivity contribution is 0.299. The van der Waals surface area contributed by atoms with Gasteiger partial charge in [-0.15, -0.1) is 0 Å². The number of nitrogens with zero attached hydrogens (tertiary/aromatic N) is 2. The largest absolute Gasteiger partial charge is 0.493 e. The van der Waals surface area contributed by atoms with Crippen LogP contribution in [0, 0.1) is 5.92 Å². The quantitative estimate of drug-likeness (QED) is 0.625. The summed E-state index contributed by atoms with van der Waals surface area (Å²) in [5, 5.41) is 4.87. The average Bonchev–Trinajstić information content (AvgIpc) is 3.01. The molecule has 1 fully saturated rings. The molecular weight excluding hydrogens is 336 g/mol. The van der Waals surface area contributed by atoms with Crippen molar-refractivity contribution in [2.24, 2.45) is 5.92 Å². The second-order valence-corrected chi connectivity index (χ2v) is 6.72. The highest BCUT2D eigenvalue weighted by atomic mass is 35.5. The van der Waals surface area contributed by atoms with Gasteiger partial charge >= 0.3 is 0 Å². The summed E-state index contributed by atoms with van der Waals surface area (Å²) >= 11 is 7.64. The molecule has 1 aliphatic carbocycles. The Hall–Kier alpha value is -2.05. The van der Waals surface area contributed by atoms with Crippen molar-refractivity contribution in [1.29, 1.82) is 0 Å². The molecule has 5 nitrogen and oxygen atoms in total. The number of benzene rings is 1.